The third kappa shape index (κ3) is 3.25. The summed E-state index contributed by atoms with van der Waals surface area (Å²) in [5, 5.41) is 8.70. The fourth-order valence-corrected chi connectivity index (χ4v) is 2.39. The average Bonchev–Trinajstić information content (AvgIpc) is 2.84. The van der Waals surface area contributed by atoms with Crippen LogP contribution in [0.15, 0.2) is 35.4 Å². The van der Waals surface area contributed by atoms with Crippen LogP contribution in [0.1, 0.15) is 10.5 Å². The van der Waals surface area contributed by atoms with Gasteiger partial charge in [0, 0.05) is 16.9 Å². The monoisotopic (exact) mass is 319 g/mol. The number of halogens is 2. The van der Waals surface area contributed by atoms with Gasteiger partial charge in [-0.25, -0.2) is 8.42 Å². The van der Waals surface area contributed by atoms with Gasteiger partial charge in [-0.1, -0.05) is 11.6 Å². The maximum atomic E-state index is 11.7. The Kier molecular flexibility index (Phi) is 3.79. The summed E-state index contributed by atoms with van der Waals surface area (Å²) in [6.07, 6.45) is 1.43. The second-order valence-corrected chi connectivity index (χ2v) is 6.48. The lowest BCUT2D eigenvalue weighted by Crippen LogP contribution is -2.12. The second kappa shape index (κ2) is 5.20. The summed E-state index contributed by atoms with van der Waals surface area (Å²) in [7, 11) is 1.33. The van der Waals surface area contributed by atoms with E-state index < -0.39 is 15.0 Å². The van der Waals surface area contributed by atoms with E-state index in [0.29, 0.717) is 0 Å². The molecule has 0 aliphatic rings. The van der Waals surface area contributed by atoms with E-state index >= 15 is 0 Å². The molecule has 1 aromatic carbocycles. The number of nitrogens with zero attached hydrogens (tertiary/aromatic N) is 1. The maximum Gasteiger partial charge on any atom is 0.273 e. The molecule has 0 saturated heterocycles. The smallest absolute Gasteiger partial charge is 0.273 e. The number of hydrogen-bond donors (Lipinski definition) is 2. The summed E-state index contributed by atoms with van der Waals surface area (Å²) in [6.45, 7) is 0. The van der Waals surface area contributed by atoms with Crippen molar-refractivity contribution in [2.24, 2.45) is 0 Å². The van der Waals surface area contributed by atoms with Gasteiger partial charge in [0.1, 0.15) is 5.69 Å². The molecule has 0 radical (unpaired) electrons. The third-order valence-corrected chi connectivity index (χ3v) is 3.88. The molecule has 0 atom stereocenters. The largest absolute Gasteiger partial charge is 0.319 e. The Morgan fingerprint density at radius 3 is 2.58 bits per heavy atom. The Balaban J connectivity index is 2.25. The molecular weight excluding hydrogens is 313 g/mol. The van der Waals surface area contributed by atoms with Crippen molar-refractivity contribution in [2.75, 3.05) is 5.32 Å². The highest BCUT2D eigenvalue weighted by Gasteiger charge is 2.14. The number of anilines is 1. The summed E-state index contributed by atoms with van der Waals surface area (Å²) in [4.78, 5) is 11.6. The molecule has 0 bridgehead atoms. The van der Waals surface area contributed by atoms with Crippen molar-refractivity contribution in [3.05, 3.63) is 41.2 Å². The molecule has 6 nitrogen and oxygen atoms in total. The molecule has 0 aliphatic carbocycles. The Labute approximate surface area is 118 Å². The summed E-state index contributed by atoms with van der Waals surface area (Å²) in [5.74, 6) is -0.444. The van der Waals surface area contributed by atoms with Crippen LogP contribution in [0, 0.1) is 0 Å². The van der Waals surface area contributed by atoms with Crippen molar-refractivity contribution >= 4 is 42.9 Å². The van der Waals surface area contributed by atoms with Crippen LogP contribution in [0.25, 0.3) is 0 Å². The molecule has 1 amide bonds. The number of amides is 1. The van der Waals surface area contributed by atoms with Gasteiger partial charge in [0.15, 0.2) is 0 Å². The molecular formula is C10H7Cl2N3O3S. The van der Waals surface area contributed by atoms with E-state index in [-0.39, 0.29) is 21.3 Å². The van der Waals surface area contributed by atoms with Gasteiger partial charge in [0.25, 0.3) is 15.0 Å². The summed E-state index contributed by atoms with van der Waals surface area (Å²) in [5.41, 5.74) is 0.524. The molecule has 0 spiro atoms. The Morgan fingerprint density at radius 1 is 1.32 bits per heavy atom. The Hall–Kier alpha value is -1.57. The molecule has 19 heavy (non-hydrogen) atoms. The number of H-pyrrole nitrogens is 1. The highest BCUT2D eigenvalue weighted by molar-refractivity contribution is 8.13. The lowest BCUT2D eigenvalue weighted by Gasteiger charge is -2.06. The van der Waals surface area contributed by atoms with Gasteiger partial charge >= 0.3 is 0 Å². The Bertz CT molecular complexity index is 714. The predicted octanol–water partition coefficient (Wildman–Crippen LogP) is 2.24. The van der Waals surface area contributed by atoms with E-state index in [0.717, 1.165) is 6.07 Å². The number of rotatable bonds is 3. The molecule has 9 heteroatoms. The van der Waals surface area contributed by atoms with Crippen molar-refractivity contribution in [3.63, 3.8) is 0 Å². The SMILES string of the molecule is O=C(Nc1ccc(S(=O)(=O)Cl)cc1Cl)c1ccn[nH]1. The molecule has 0 unspecified atom stereocenters. The van der Waals surface area contributed by atoms with Crippen molar-refractivity contribution in [3.8, 4) is 0 Å². The van der Waals surface area contributed by atoms with Crippen molar-refractivity contribution < 1.29 is 13.2 Å². The first-order valence-corrected chi connectivity index (χ1v) is 7.61. The van der Waals surface area contributed by atoms with E-state index in [1.807, 2.05) is 0 Å². The molecule has 1 heterocycles. The zero-order valence-corrected chi connectivity index (χ0v) is 11.6. The molecule has 0 saturated carbocycles. The van der Waals surface area contributed by atoms with Crippen molar-refractivity contribution in [1.82, 2.24) is 10.2 Å². The molecule has 2 N–H and O–H groups in total. The average molecular weight is 320 g/mol. The number of aromatic amines is 1. The topological polar surface area (TPSA) is 91.9 Å². The minimum atomic E-state index is -3.85. The van der Waals surface area contributed by atoms with Crippen LogP contribution in [0.4, 0.5) is 5.69 Å². The van der Waals surface area contributed by atoms with Gasteiger partial charge < -0.3 is 5.32 Å². The number of hydrogen-bond acceptors (Lipinski definition) is 4. The lowest BCUT2D eigenvalue weighted by atomic mass is 10.3. The summed E-state index contributed by atoms with van der Waals surface area (Å²) < 4.78 is 22.2. The van der Waals surface area contributed by atoms with Gasteiger partial charge in [0.05, 0.1) is 15.6 Å². The number of benzene rings is 1. The molecule has 100 valence electrons. The highest BCUT2D eigenvalue weighted by atomic mass is 35.7. The first-order chi connectivity index (χ1) is 8.88. The summed E-state index contributed by atoms with van der Waals surface area (Å²) >= 11 is 5.88. The van der Waals surface area contributed by atoms with Crippen molar-refractivity contribution in [2.45, 2.75) is 4.90 Å². The van der Waals surface area contributed by atoms with Crippen LogP contribution >= 0.6 is 22.3 Å². The fraction of sp³-hybridized carbons (Fsp3) is 0. The van der Waals surface area contributed by atoms with Gasteiger partial charge in [-0.15, -0.1) is 0 Å². The van der Waals surface area contributed by atoms with Crippen molar-refractivity contribution in [1.29, 1.82) is 0 Å². The first-order valence-electron chi connectivity index (χ1n) is 4.93. The minimum absolute atomic E-state index is 0.0644. The number of aromatic nitrogens is 2. The molecule has 1 aromatic heterocycles. The zero-order chi connectivity index (χ0) is 14.0. The van der Waals surface area contributed by atoms with Gasteiger partial charge in [-0.2, -0.15) is 5.10 Å². The van der Waals surface area contributed by atoms with Crippen LogP contribution in [-0.4, -0.2) is 24.5 Å². The minimum Gasteiger partial charge on any atom is -0.319 e. The van der Waals surface area contributed by atoms with E-state index in [1.54, 1.807) is 0 Å². The Morgan fingerprint density at radius 2 is 2.05 bits per heavy atom. The number of nitrogens with one attached hydrogen (secondary N) is 2. The maximum absolute atomic E-state index is 11.7. The normalized spacial score (nSPS) is 11.3. The highest BCUT2D eigenvalue weighted by Crippen LogP contribution is 2.27. The van der Waals surface area contributed by atoms with E-state index in [9.17, 15) is 13.2 Å². The van der Waals surface area contributed by atoms with Crippen LogP contribution in [-0.2, 0) is 9.05 Å². The molecule has 0 fully saturated rings. The van der Waals surface area contributed by atoms with Crippen LogP contribution in [0.3, 0.4) is 0 Å². The van der Waals surface area contributed by atoms with Crippen LogP contribution in [0.5, 0.6) is 0 Å². The van der Waals surface area contributed by atoms with Gasteiger partial charge in [0.2, 0.25) is 0 Å². The number of carbonyl (C=O) groups is 1. The summed E-state index contributed by atoms with van der Waals surface area (Å²) in [6, 6.07) is 5.25. The molecule has 2 aromatic rings. The molecule has 2 rings (SSSR count). The zero-order valence-electron chi connectivity index (χ0n) is 9.22. The van der Waals surface area contributed by atoms with Crippen LogP contribution in [0.2, 0.25) is 5.02 Å². The van der Waals surface area contributed by atoms with E-state index in [2.05, 4.69) is 15.5 Å². The molecule has 0 aliphatic heterocycles. The van der Waals surface area contributed by atoms with E-state index in [1.165, 1.54) is 24.4 Å². The fourth-order valence-electron chi connectivity index (χ4n) is 1.32. The van der Waals surface area contributed by atoms with Crippen LogP contribution < -0.4 is 5.32 Å². The quantitative estimate of drug-likeness (QED) is 0.848. The van der Waals surface area contributed by atoms with Gasteiger partial charge in [-0.05, 0) is 24.3 Å². The predicted molar refractivity (Wildman–Crippen MR) is 71.0 cm³/mol. The standard InChI is InChI=1S/C10H7Cl2N3O3S/c11-7-5-6(19(12,17)18)1-2-8(7)14-10(16)9-3-4-13-15-9/h1-5H,(H,13,15)(H,14,16). The lowest BCUT2D eigenvalue weighted by molar-refractivity contribution is 0.102. The van der Waals surface area contributed by atoms with Gasteiger partial charge in [-0.3, -0.25) is 9.89 Å². The number of carbonyl (C=O) groups excluding carboxylic acids is 1. The first kappa shape index (κ1) is 13.9. The van der Waals surface area contributed by atoms with E-state index in [4.69, 9.17) is 22.3 Å². The second-order valence-electron chi connectivity index (χ2n) is 3.50. The third-order valence-electron chi connectivity index (χ3n) is 2.22.